The fourth-order valence-electron chi connectivity index (χ4n) is 3.84. The van der Waals surface area contributed by atoms with Gasteiger partial charge >= 0.3 is 0 Å². The molecule has 8 heteroatoms. The van der Waals surface area contributed by atoms with Crippen LogP contribution in [0.1, 0.15) is 27.9 Å². The molecule has 1 unspecified atom stereocenters. The van der Waals surface area contributed by atoms with Crippen molar-refractivity contribution < 1.29 is 23.5 Å². The minimum absolute atomic E-state index is 0.00329. The molecule has 34 heavy (non-hydrogen) atoms. The zero-order valence-corrected chi connectivity index (χ0v) is 19.6. The van der Waals surface area contributed by atoms with Crippen molar-refractivity contribution in [2.24, 2.45) is 5.16 Å². The summed E-state index contributed by atoms with van der Waals surface area (Å²) in [6, 6.07) is 18.7. The van der Waals surface area contributed by atoms with Crippen molar-refractivity contribution in [3.05, 3.63) is 94.3 Å². The lowest BCUT2D eigenvalue weighted by Gasteiger charge is -2.25. The van der Waals surface area contributed by atoms with Gasteiger partial charge in [-0.15, -0.1) is 0 Å². The smallest absolute Gasteiger partial charge is 0.257 e. The van der Waals surface area contributed by atoms with Gasteiger partial charge in [-0.05, 0) is 48.0 Å². The van der Waals surface area contributed by atoms with Crippen LogP contribution in [0.2, 0.25) is 5.02 Å². The summed E-state index contributed by atoms with van der Waals surface area (Å²) < 4.78 is 25.1. The number of benzene rings is 3. The first kappa shape index (κ1) is 23.6. The van der Waals surface area contributed by atoms with Crippen LogP contribution in [0, 0.1) is 5.82 Å². The average molecular weight is 483 g/mol. The van der Waals surface area contributed by atoms with Crippen molar-refractivity contribution in [3.8, 4) is 11.5 Å². The molecule has 4 rings (SSSR count). The summed E-state index contributed by atoms with van der Waals surface area (Å²) in [5.74, 6) is 0.202. The predicted molar refractivity (Wildman–Crippen MR) is 128 cm³/mol. The van der Waals surface area contributed by atoms with E-state index < -0.39 is 17.8 Å². The fourth-order valence-corrected chi connectivity index (χ4v) is 4.05. The topological polar surface area (TPSA) is 60.4 Å². The van der Waals surface area contributed by atoms with Crippen molar-refractivity contribution in [2.45, 2.75) is 19.1 Å². The van der Waals surface area contributed by atoms with Crippen LogP contribution in [-0.4, -0.2) is 43.4 Å². The fraction of sp³-hybridized carbons (Fsp3) is 0.231. The van der Waals surface area contributed by atoms with Crippen LogP contribution in [0.25, 0.3) is 0 Å². The largest absolute Gasteiger partial charge is 0.493 e. The van der Waals surface area contributed by atoms with E-state index in [9.17, 15) is 9.18 Å². The molecule has 0 spiro atoms. The minimum Gasteiger partial charge on any atom is -0.493 e. The van der Waals surface area contributed by atoms with Gasteiger partial charge in [-0.3, -0.25) is 4.79 Å². The van der Waals surface area contributed by atoms with E-state index in [-0.39, 0.29) is 18.7 Å². The first-order valence-electron chi connectivity index (χ1n) is 10.7. The molecule has 0 radical (unpaired) electrons. The van der Waals surface area contributed by atoms with Crippen LogP contribution in [0.5, 0.6) is 11.5 Å². The molecule has 1 atom stereocenters. The molecule has 6 nitrogen and oxygen atoms in total. The van der Waals surface area contributed by atoms with Crippen LogP contribution in [0.15, 0.2) is 71.9 Å². The third-order valence-corrected chi connectivity index (χ3v) is 5.76. The van der Waals surface area contributed by atoms with Gasteiger partial charge in [0.05, 0.1) is 32.0 Å². The van der Waals surface area contributed by atoms with E-state index in [1.165, 1.54) is 12.1 Å². The maximum absolute atomic E-state index is 14.4. The van der Waals surface area contributed by atoms with Crippen molar-refractivity contribution >= 4 is 23.2 Å². The summed E-state index contributed by atoms with van der Waals surface area (Å²) in [7, 11) is 3.14. The van der Waals surface area contributed by atoms with Crippen molar-refractivity contribution in [3.63, 3.8) is 0 Å². The molecule has 0 saturated carbocycles. The summed E-state index contributed by atoms with van der Waals surface area (Å²) in [5.41, 5.74) is 2.40. The molecule has 176 valence electrons. The van der Waals surface area contributed by atoms with Gasteiger partial charge in [0.2, 0.25) is 0 Å². The van der Waals surface area contributed by atoms with Gasteiger partial charge in [0.25, 0.3) is 5.91 Å². The molecule has 0 aromatic heterocycles. The van der Waals surface area contributed by atoms with E-state index >= 15 is 0 Å². The normalized spacial score (nSPS) is 14.8. The molecule has 0 N–H and O–H groups in total. The number of amides is 1. The van der Waals surface area contributed by atoms with Crippen molar-refractivity contribution in [2.75, 3.05) is 20.8 Å². The second kappa shape index (κ2) is 10.6. The van der Waals surface area contributed by atoms with Crippen LogP contribution in [-0.2, 0) is 11.4 Å². The van der Waals surface area contributed by atoms with E-state index in [4.69, 9.17) is 25.9 Å². The molecule has 1 aliphatic heterocycles. The molecule has 0 bridgehead atoms. The summed E-state index contributed by atoms with van der Waals surface area (Å²) >= 11 is 6.13. The number of ether oxygens (including phenoxy) is 2. The van der Waals surface area contributed by atoms with Gasteiger partial charge in [0, 0.05) is 23.6 Å². The minimum atomic E-state index is -0.571. The first-order valence-corrected chi connectivity index (χ1v) is 11.1. The Kier molecular flexibility index (Phi) is 7.33. The van der Waals surface area contributed by atoms with Gasteiger partial charge in [-0.2, -0.15) is 0 Å². The lowest BCUT2D eigenvalue weighted by atomic mass is 10.0. The third kappa shape index (κ3) is 5.31. The van der Waals surface area contributed by atoms with Gasteiger partial charge in [0.1, 0.15) is 5.82 Å². The molecular weight excluding hydrogens is 459 g/mol. The highest BCUT2D eigenvalue weighted by molar-refractivity contribution is 6.30. The molecule has 0 aliphatic carbocycles. The van der Waals surface area contributed by atoms with E-state index in [1.807, 2.05) is 24.3 Å². The Balaban J connectivity index is 1.53. The SMILES string of the molecule is COc1ccc(C2=NOC(CN(Cc3cccc(Cl)c3)C(=O)c3ccccc3F)C2)cc1OC. The van der Waals surface area contributed by atoms with Gasteiger partial charge in [-0.1, -0.05) is 41.0 Å². The highest BCUT2D eigenvalue weighted by Gasteiger charge is 2.29. The Morgan fingerprint density at radius 2 is 1.88 bits per heavy atom. The molecule has 3 aromatic rings. The standard InChI is InChI=1S/C26H24ClFN2O4/c1-32-24-11-10-18(13-25(24)33-2)23-14-20(34-29-23)16-30(15-17-6-5-7-19(27)12-17)26(31)21-8-3-4-9-22(21)28/h3-13,20H,14-16H2,1-2H3. The van der Waals surface area contributed by atoms with Crippen LogP contribution < -0.4 is 9.47 Å². The van der Waals surface area contributed by atoms with Crippen LogP contribution >= 0.6 is 11.6 Å². The second-order valence-corrected chi connectivity index (χ2v) is 8.27. The predicted octanol–water partition coefficient (Wildman–Crippen LogP) is 5.33. The molecule has 1 amide bonds. The number of carbonyl (C=O) groups excluding carboxylic acids is 1. The first-order chi connectivity index (χ1) is 16.5. The summed E-state index contributed by atoms with van der Waals surface area (Å²) in [6.07, 6.45) is 0.0875. The average Bonchev–Trinajstić information content (AvgIpc) is 3.31. The Morgan fingerprint density at radius 1 is 1.09 bits per heavy atom. The number of hydrogen-bond acceptors (Lipinski definition) is 5. The molecule has 1 heterocycles. The number of oxime groups is 1. The Morgan fingerprint density at radius 3 is 2.62 bits per heavy atom. The maximum Gasteiger partial charge on any atom is 0.257 e. The summed E-state index contributed by atoms with van der Waals surface area (Å²) in [5, 5.41) is 4.79. The number of carbonyl (C=O) groups is 1. The van der Waals surface area contributed by atoms with E-state index in [0.717, 1.165) is 16.8 Å². The molecular formula is C26H24ClFN2O4. The van der Waals surface area contributed by atoms with Crippen LogP contribution in [0.4, 0.5) is 4.39 Å². The van der Waals surface area contributed by atoms with E-state index in [2.05, 4.69) is 5.16 Å². The summed E-state index contributed by atoms with van der Waals surface area (Å²) in [4.78, 5) is 20.5. The summed E-state index contributed by atoms with van der Waals surface area (Å²) in [6.45, 7) is 0.471. The highest BCUT2D eigenvalue weighted by Crippen LogP contribution is 2.30. The quantitative estimate of drug-likeness (QED) is 0.435. The monoisotopic (exact) mass is 482 g/mol. The number of methoxy groups -OCH3 is 2. The number of rotatable bonds is 8. The van der Waals surface area contributed by atoms with Crippen molar-refractivity contribution in [1.82, 2.24) is 4.90 Å². The molecule has 1 aliphatic rings. The second-order valence-electron chi connectivity index (χ2n) is 7.83. The van der Waals surface area contributed by atoms with Gasteiger partial charge in [0.15, 0.2) is 17.6 Å². The maximum atomic E-state index is 14.4. The zero-order valence-electron chi connectivity index (χ0n) is 18.8. The third-order valence-electron chi connectivity index (χ3n) is 5.53. The van der Waals surface area contributed by atoms with Crippen LogP contribution in [0.3, 0.4) is 0 Å². The number of halogens is 2. The lowest BCUT2D eigenvalue weighted by molar-refractivity contribution is 0.0402. The van der Waals surface area contributed by atoms with Gasteiger partial charge < -0.3 is 19.2 Å². The Bertz CT molecular complexity index is 1220. The molecule has 0 fully saturated rings. The van der Waals surface area contributed by atoms with Crippen molar-refractivity contribution in [1.29, 1.82) is 0 Å². The number of nitrogens with zero attached hydrogens (tertiary/aromatic N) is 2. The Hall–Kier alpha value is -3.58. The zero-order chi connectivity index (χ0) is 24.1. The molecule has 3 aromatic carbocycles. The lowest BCUT2D eigenvalue weighted by Crippen LogP contribution is -2.37. The van der Waals surface area contributed by atoms with E-state index in [0.29, 0.717) is 22.9 Å². The highest BCUT2D eigenvalue weighted by atomic mass is 35.5. The number of hydrogen-bond donors (Lipinski definition) is 0. The Labute approximate surface area is 202 Å². The molecule has 0 saturated heterocycles. The van der Waals surface area contributed by atoms with E-state index in [1.54, 1.807) is 49.5 Å². The van der Waals surface area contributed by atoms with Gasteiger partial charge in [-0.25, -0.2) is 4.39 Å².